The number of nitrogens with one attached hydrogen (secondary N) is 1. The summed E-state index contributed by atoms with van der Waals surface area (Å²) >= 11 is 0. The fraction of sp³-hybridized carbons (Fsp3) is 0.200. The van der Waals surface area contributed by atoms with Crippen molar-refractivity contribution in [2.75, 3.05) is 6.26 Å². The molecule has 3 rings (SSSR count). The van der Waals surface area contributed by atoms with Crippen LogP contribution in [-0.2, 0) is 20.6 Å². The fourth-order valence-corrected chi connectivity index (χ4v) is 4.11. The minimum Gasteiger partial charge on any atom is -0.472 e. The highest BCUT2D eigenvalue weighted by Gasteiger charge is 2.49. The van der Waals surface area contributed by atoms with Crippen molar-refractivity contribution in [3.05, 3.63) is 54.6 Å². The van der Waals surface area contributed by atoms with Crippen LogP contribution in [0, 0.1) is 0 Å². The van der Waals surface area contributed by atoms with E-state index >= 15 is 0 Å². The highest BCUT2D eigenvalue weighted by Crippen LogP contribution is 2.27. The average Bonchev–Trinajstić information content (AvgIpc) is 3.29. The molecule has 2 aromatic carbocycles. The zero-order valence-electron chi connectivity index (χ0n) is 11.8. The average molecular weight is 337 g/mol. The zero-order valence-corrected chi connectivity index (χ0v) is 13.4. The van der Waals surface area contributed by atoms with Crippen LogP contribution in [0.4, 0.5) is 0 Å². The minimum atomic E-state index is -3.44. The van der Waals surface area contributed by atoms with Crippen molar-refractivity contribution < 1.29 is 17.4 Å². The Morgan fingerprint density at radius 3 is 2.27 bits per heavy atom. The van der Waals surface area contributed by atoms with Gasteiger partial charge < -0.3 is 4.74 Å². The zero-order chi connectivity index (χ0) is 15.7. The lowest BCUT2D eigenvalue weighted by atomic mass is 10.3. The van der Waals surface area contributed by atoms with E-state index in [1.54, 1.807) is 60.9 Å². The number of ether oxygens (including phenoxy) is 1. The van der Waals surface area contributed by atoms with Gasteiger partial charge in [-0.3, -0.25) is 9.53 Å². The Morgan fingerprint density at radius 2 is 1.68 bits per heavy atom. The largest absolute Gasteiger partial charge is 0.472 e. The lowest BCUT2D eigenvalue weighted by molar-refractivity contribution is 0.295. The molecule has 1 heterocycles. The molecule has 22 heavy (non-hydrogen) atoms. The van der Waals surface area contributed by atoms with E-state index < -0.39 is 32.2 Å². The van der Waals surface area contributed by atoms with E-state index in [-0.39, 0.29) is 4.90 Å². The van der Waals surface area contributed by atoms with Crippen molar-refractivity contribution in [1.82, 2.24) is 5.32 Å². The first-order chi connectivity index (χ1) is 10.5. The van der Waals surface area contributed by atoms with Crippen molar-refractivity contribution in [2.45, 2.75) is 21.4 Å². The van der Waals surface area contributed by atoms with Gasteiger partial charge >= 0.3 is 0 Å². The highest BCUT2D eigenvalue weighted by atomic mass is 32.2. The maximum atomic E-state index is 12.4. The van der Waals surface area contributed by atoms with Gasteiger partial charge in [-0.2, -0.15) is 0 Å². The van der Waals surface area contributed by atoms with Crippen LogP contribution in [0.3, 0.4) is 0 Å². The molecular formula is C15H15NO4S2. The molecule has 3 atom stereocenters. The Hall–Kier alpha value is -1.70. The second-order valence-electron chi connectivity index (χ2n) is 4.91. The van der Waals surface area contributed by atoms with Crippen molar-refractivity contribution in [2.24, 2.45) is 0 Å². The summed E-state index contributed by atoms with van der Waals surface area (Å²) in [5.74, 6) is 0.539. The van der Waals surface area contributed by atoms with Gasteiger partial charge in [0.1, 0.15) is 5.75 Å². The van der Waals surface area contributed by atoms with Gasteiger partial charge in [0.2, 0.25) is 0 Å². The molecule has 0 radical (unpaired) electrons. The number of hydrogen-bond donors (Lipinski definition) is 1. The number of sulfone groups is 1. The molecule has 1 fully saturated rings. The van der Waals surface area contributed by atoms with Crippen LogP contribution >= 0.6 is 0 Å². The van der Waals surface area contributed by atoms with Crippen LogP contribution in [0.15, 0.2) is 64.4 Å². The molecule has 116 valence electrons. The normalized spacial score (nSPS) is 22.0. The Balaban J connectivity index is 1.69. The van der Waals surface area contributed by atoms with Gasteiger partial charge in [-0.1, -0.05) is 18.2 Å². The maximum Gasteiger partial charge on any atom is 0.199 e. The summed E-state index contributed by atoms with van der Waals surface area (Å²) in [6.45, 7) is 0. The van der Waals surface area contributed by atoms with Crippen LogP contribution < -0.4 is 10.1 Å². The van der Waals surface area contributed by atoms with E-state index in [2.05, 4.69) is 5.32 Å². The summed E-state index contributed by atoms with van der Waals surface area (Å²) in [6.07, 6.45) is 1.03. The first-order valence-corrected chi connectivity index (χ1v) is 9.74. The van der Waals surface area contributed by atoms with Gasteiger partial charge in [0.05, 0.1) is 4.90 Å². The Morgan fingerprint density at radius 1 is 1.05 bits per heavy atom. The van der Waals surface area contributed by atoms with Crippen LogP contribution in [-0.4, -0.2) is 30.5 Å². The molecule has 7 heteroatoms. The smallest absolute Gasteiger partial charge is 0.199 e. The quantitative estimate of drug-likeness (QED) is 0.837. The third kappa shape index (κ3) is 3.06. The maximum absolute atomic E-state index is 12.4. The fourth-order valence-electron chi connectivity index (χ4n) is 2.07. The molecule has 1 N–H and O–H groups in total. The van der Waals surface area contributed by atoms with E-state index in [1.165, 1.54) is 0 Å². The molecule has 5 nitrogen and oxygen atoms in total. The third-order valence-electron chi connectivity index (χ3n) is 3.32. The van der Waals surface area contributed by atoms with E-state index in [4.69, 9.17) is 4.74 Å². The Labute approximate surface area is 131 Å². The van der Waals surface area contributed by atoms with E-state index in [1.807, 2.05) is 0 Å². The standard InChI is InChI=1S/C15H15NO4S2/c1-21(17)12-9-7-11(8-10-12)20-14-15(16-14)22(18,19)13-5-3-2-4-6-13/h2-10,14-16H,1H3. The van der Waals surface area contributed by atoms with Crippen LogP contribution in [0.1, 0.15) is 0 Å². The molecule has 1 saturated heterocycles. The Kier molecular flexibility index (Phi) is 4.03. The van der Waals surface area contributed by atoms with Crippen LogP contribution in [0.25, 0.3) is 0 Å². The highest BCUT2D eigenvalue weighted by molar-refractivity contribution is 7.92. The topological polar surface area (TPSA) is 82.4 Å². The van der Waals surface area contributed by atoms with Gasteiger partial charge in [-0.05, 0) is 36.4 Å². The van der Waals surface area contributed by atoms with Gasteiger partial charge in [-0.25, -0.2) is 8.42 Å². The summed E-state index contributed by atoms with van der Waals surface area (Å²) in [5, 5.41) is 2.08. The SMILES string of the molecule is CS(=O)c1ccc(OC2NC2S(=O)(=O)c2ccccc2)cc1. The molecule has 0 aliphatic carbocycles. The van der Waals surface area contributed by atoms with E-state index in [0.29, 0.717) is 10.6 Å². The summed E-state index contributed by atoms with van der Waals surface area (Å²) in [4.78, 5) is 0.972. The van der Waals surface area contributed by atoms with E-state index in [0.717, 1.165) is 0 Å². The predicted molar refractivity (Wildman–Crippen MR) is 83.7 cm³/mol. The third-order valence-corrected chi connectivity index (χ3v) is 6.24. The molecular weight excluding hydrogens is 322 g/mol. The first kappa shape index (κ1) is 15.2. The lowest BCUT2D eigenvalue weighted by Crippen LogP contribution is -2.14. The molecule has 3 unspecified atom stereocenters. The van der Waals surface area contributed by atoms with Crippen molar-refractivity contribution >= 4 is 20.6 Å². The number of hydrogen-bond acceptors (Lipinski definition) is 5. The summed E-state index contributed by atoms with van der Waals surface area (Å²) < 4.78 is 41.6. The molecule has 0 saturated carbocycles. The van der Waals surface area contributed by atoms with Gasteiger partial charge in [0.15, 0.2) is 21.4 Å². The predicted octanol–water partition coefficient (Wildman–Crippen LogP) is 1.53. The molecule has 2 aromatic rings. The summed E-state index contributed by atoms with van der Waals surface area (Å²) in [6, 6.07) is 15.1. The number of benzene rings is 2. The molecule has 1 aliphatic heterocycles. The summed E-state index contributed by atoms with van der Waals surface area (Å²) in [5.41, 5.74) is 0. The summed E-state index contributed by atoms with van der Waals surface area (Å²) in [7, 11) is -4.49. The van der Waals surface area contributed by atoms with Gasteiger partial charge in [0.25, 0.3) is 0 Å². The van der Waals surface area contributed by atoms with E-state index in [9.17, 15) is 12.6 Å². The minimum absolute atomic E-state index is 0.273. The molecule has 0 bridgehead atoms. The molecule has 0 aromatic heterocycles. The van der Waals surface area contributed by atoms with Gasteiger partial charge in [0, 0.05) is 22.0 Å². The van der Waals surface area contributed by atoms with Crippen LogP contribution in [0.5, 0.6) is 5.75 Å². The number of rotatable bonds is 5. The van der Waals surface area contributed by atoms with Crippen molar-refractivity contribution in [1.29, 1.82) is 0 Å². The molecule has 0 spiro atoms. The molecule has 1 aliphatic rings. The van der Waals surface area contributed by atoms with Crippen LogP contribution in [0.2, 0.25) is 0 Å². The first-order valence-electron chi connectivity index (χ1n) is 6.63. The van der Waals surface area contributed by atoms with Gasteiger partial charge in [-0.15, -0.1) is 0 Å². The van der Waals surface area contributed by atoms with Crippen molar-refractivity contribution in [3.8, 4) is 5.75 Å². The molecule has 0 amide bonds. The van der Waals surface area contributed by atoms with Crippen molar-refractivity contribution in [3.63, 3.8) is 0 Å². The second-order valence-corrected chi connectivity index (χ2v) is 8.36. The monoisotopic (exact) mass is 337 g/mol. The Bertz CT molecular complexity index is 788. The lowest BCUT2D eigenvalue weighted by Gasteiger charge is -2.05. The second kappa shape index (κ2) is 5.83.